The number of β-lactam (4-membered cyclic amide) rings is 1. The Morgan fingerprint density at radius 1 is 1.38 bits per heavy atom. The minimum Gasteiger partial charge on any atom is -0.543 e. The number of thiazole rings is 1. The van der Waals surface area contributed by atoms with Crippen LogP contribution >= 0.6 is 46.6 Å². The van der Waals surface area contributed by atoms with Crippen LogP contribution in [-0.2, 0) is 19.2 Å². The van der Waals surface area contributed by atoms with Crippen LogP contribution in [0.2, 0.25) is 0 Å². The summed E-state index contributed by atoms with van der Waals surface area (Å²) in [4.78, 5) is 52.8. The van der Waals surface area contributed by atoms with Crippen LogP contribution in [0.3, 0.4) is 0 Å². The first-order valence-electron chi connectivity index (χ1n) is 12.1. The zero-order chi connectivity index (χ0) is 27.7. The van der Waals surface area contributed by atoms with E-state index < -0.39 is 29.2 Å². The molecule has 4 aliphatic heterocycles. The quantitative estimate of drug-likeness (QED) is 0.173. The highest BCUT2D eigenvalue weighted by molar-refractivity contribution is 8.19. The van der Waals surface area contributed by atoms with Crippen LogP contribution in [0.1, 0.15) is 18.5 Å². The standard InChI is InChI=1S/C23H27N7O5S4/c1-30(5-3-4-6-30)14-11-37-15(7-25-14)36-8-12-9-38-21-17(20(32)29(21)18(12)22(33)34)27-19(31)16(28-35-2)13-10-39-23(24)26-13/h7,10-11,15,17,21H,3-6,8-9H2,1-2H3,(H3-,24,26,27,31,33,34)/b28-16-/t15?,17-,21?/m1/s1. The van der Waals surface area contributed by atoms with Crippen molar-refractivity contribution >= 4 is 81.5 Å². The maximum atomic E-state index is 13.0. The summed E-state index contributed by atoms with van der Waals surface area (Å²) in [6.45, 7) is 2.18. The van der Waals surface area contributed by atoms with Gasteiger partial charge in [-0.1, -0.05) is 5.16 Å². The van der Waals surface area contributed by atoms with E-state index in [-0.39, 0.29) is 26.8 Å². The third kappa shape index (κ3) is 5.57. The molecule has 0 saturated carbocycles. The molecular weight excluding hydrogens is 583 g/mol. The smallest absolute Gasteiger partial charge is 0.276 e. The van der Waals surface area contributed by atoms with Gasteiger partial charge in [-0.2, -0.15) is 0 Å². The van der Waals surface area contributed by atoms with Crippen molar-refractivity contribution in [1.82, 2.24) is 15.2 Å². The van der Waals surface area contributed by atoms with E-state index in [2.05, 4.69) is 27.9 Å². The van der Waals surface area contributed by atoms with E-state index in [1.165, 1.54) is 36.6 Å². The molecule has 39 heavy (non-hydrogen) atoms. The van der Waals surface area contributed by atoms with Crippen molar-refractivity contribution in [1.29, 1.82) is 0 Å². The summed E-state index contributed by atoms with van der Waals surface area (Å²) in [5.41, 5.74) is 6.24. The summed E-state index contributed by atoms with van der Waals surface area (Å²) in [7, 11) is 3.49. The van der Waals surface area contributed by atoms with Gasteiger partial charge in [-0.05, 0) is 5.57 Å². The van der Waals surface area contributed by atoms with Gasteiger partial charge in [0.1, 0.15) is 24.2 Å². The maximum absolute atomic E-state index is 13.0. The first kappa shape index (κ1) is 28.0. The maximum Gasteiger partial charge on any atom is 0.276 e. The molecule has 5 heterocycles. The minimum absolute atomic E-state index is 0.0403. The zero-order valence-corrected chi connectivity index (χ0v) is 24.5. The molecule has 0 spiro atoms. The number of amides is 2. The molecule has 3 atom stereocenters. The van der Waals surface area contributed by atoms with E-state index in [0.717, 1.165) is 34.7 Å². The number of carbonyl (C=O) groups is 3. The largest absolute Gasteiger partial charge is 0.543 e. The predicted molar refractivity (Wildman–Crippen MR) is 153 cm³/mol. The molecule has 12 nitrogen and oxygen atoms in total. The number of carboxylic acids is 1. The second-order valence-corrected chi connectivity index (χ2v) is 13.9. The van der Waals surface area contributed by atoms with E-state index in [0.29, 0.717) is 17.1 Å². The van der Waals surface area contributed by atoms with Crippen molar-refractivity contribution in [2.75, 3.05) is 44.5 Å². The van der Waals surface area contributed by atoms with E-state index >= 15 is 0 Å². The number of nitrogens with two attached hydrogens (primary N) is 1. The van der Waals surface area contributed by atoms with E-state index in [9.17, 15) is 19.5 Å². The number of aliphatic imine (C=N–C) groups is 1. The van der Waals surface area contributed by atoms with Crippen LogP contribution in [0.25, 0.3) is 0 Å². The molecule has 5 rings (SSSR count). The number of hydrogen-bond donors (Lipinski definition) is 2. The number of nitrogens with one attached hydrogen (secondary N) is 1. The number of thioether (sulfide) groups is 3. The Morgan fingerprint density at radius 2 is 2.15 bits per heavy atom. The van der Waals surface area contributed by atoms with Crippen molar-refractivity contribution in [3.63, 3.8) is 0 Å². The van der Waals surface area contributed by atoms with Crippen LogP contribution in [0.5, 0.6) is 0 Å². The van der Waals surface area contributed by atoms with Gasteiger partial charge in [0.15, 0.2) is 10.8 Å². The number of quaternary nitrogens is 1. The fraction of sp³-hybridized carbons (Fsp3) is 0.478. The number of fused-ring (bicyclic) bond motifs is 1. The van der Waals surface area contributed by atoms with Crippen molar-refractivity contribution in [3.8, 4) is 0 Å². The lowest BCUT2D eigenvalue weighted by Crippen LogP contribution is -2.71. The highest BCUT2D eigenvalue weighted by atomic mass is 32.2. The molecule has 0 aliphatic carbocycles. The second kappa shape index (κ2) is 11.5. The van der Waals surface area contributed by atoms with E-state index in [1.54, 1.807) is 28.9 Å². The average molecular weight is 610 g/mol. The number of hydrogen-bond acceptors (Lipinski definition) is 13. The van der Waals surface area contributed by atoms with Crippen molar-refractivity contribution in [2.24, 2.45) is 10.1 Å². The Hall–Kier alpha value is -2.53. The number of rotatable bonds is 9. The van der Waals surface area contributed by atoms with Crippen LogP contribution in [-0.4, -0.2) is 98.8 Å². The van der Waals surface area contributed by atoms with Crippen LogP contribution in [0.4, 0.5) is 5.13 Å². The molecule has 16 heteroatoms. The zero-order valence-electron chi connectivity index (χ0n) is 21.2. The molecule has 208 valence electrons. The third-order valence-corrected chi connectivity index (χ3v) is 11.3. The fourth-order valence-corrected chi connectivity index (χ4v) is 8.97. The number of anilines is 1. The number of oxime groups is 1. The Labute approximate surface area is 241 Å². The molecule has 2 amide bonds. The summed E-state index contributed by atoms with van der Waals surface area (Å²) in [6.07, 6.45) is 4.32. The molecule has 3 N–H and O–H groups in total. The molecule has 0 aromatic carbocycles. The number of carbonyl (C=O) groups excluding carboxylic acids is 3. The number of nitrogen functional groups attached to an aromatic ring is 1. The lowest BCUT2D eigenvalue weighted by atomic mass is 10.0. The second-order valence-electron chi connectivity index (χ2n) is 9.41. The average Bonchev–Trinajstić information content (AvgIpc) is 3.57. The van der Waals surface area contributed by atoms with Gasteiger partial charge in [0, 0.05) is 35.9 Å². The molecule has 1 aromatic heterocycles. The van der Waals surface area contributed by atoms with E-state index in [1.807, 2.05) is 6.21 Å². The van der Waals surface area contributed by atoms with Gasteiger partial charge in [-0.3, -0.25) is 19.0 Å². The van der Waals surface area contributed by atoms with Crippen molar-refractivity contribution in [3.05, 3.63) is 33.6 Å². The van der Waals surface area contributed by atoms with Crippen LogP contribution in [0.15, 0.2) is 38.0 Å². The Bertz CT molecular complexity index is 1300. The van der Waals surface area contributed by atoms with Crippen LogP contribution in [0, 0.1) is 0 Å². The lowest BCUT2D eigenvalue weighted by molar-refractivity contribution is -0.860. The minimum atomic E-state index is -1.41. The summed E-state index contributed by atoms with van der Waals surface area (Å²) < 4.78 is 0.892. The summed E-state index contributed by atoms with van der Waals surface area (Å²) >= 11 is 5.76. The highest BCUT2D eigenvalue weighted by Gasteiger charge is 2.53. The monoisotopic (exact) mass is 609 g/mol. The molecular formula is C23H27N7O5S4. The molecule has 0 radical (unpaired) electrons. The fourth-order valence-electron chi connectivity index (χ4n) is 4.81. The van der Waals surface area contributed by atoms with Gasteiger partial charge >= 0.3 is 0 Å². The van der Waals surface area contributed by atoms with Crippen LogP contribution < -0.4 is 16.2 Å². The normalized spacial score (nSPS) is 26.2. The third-order valence-electron chi connectivity index (χ3n) is 6.85. The summed E-state index contributed by atoms with van der Waals surface area (Å²) in [5, 5.41) is 21.8. The van der Waals surface area contributed by atoms with E-state index in [4.69, 9.17) is 15.6 Å². The lowest BCUT2D eigenvalue weighted by Gasteiger charge is -2.50. The SMILES string of the molecule is CO/N=C(\C(=O)N[C@@H]1C(=O)N2C(C(=O)[O-])=C(CSC3C=NC([N+]4(C)CCCC4)=CS3)CSC12)c1csc(N)n1. The Kier molecular flexibility index (Phi) is 8.28. The molecule has 2 fully saturated rings. The summed E-state index contributed by atoms with van der Waals surface area (Å²) in [6, 6.07) is -0.927. The van der Waals surface area contributed by atoms with Crippen molar-refractivity contribution < 1.29 is 28.8 Å². The number of aliphatic carboxylic acids is 1. The highest BCUT2D eigenvalue weighted by Crippen LogP contribution is 2.42. The molecule has 2 unspecified atom stereocenters. The Balaban J connectivity index is 1.23. The Morgan fingerprint density at radius 3 is 2.77 bits per heavy atom. The van der Waals surface area contributed by atoms with Gasteiger partial charge < -0.3 is 25.8 Å². The molecule has 4 aliphatic rings. The summed E-state index contributed by atoms with van der Waals surface area (Å²) in [5.74, 6) is -0.738. The number of nitrogens with zero attached hydrogens (tertiary/aromatic N) is 5. The number of carboxylic acid groups (broad SMARTS) is 1. The van der Waals surface area contributed by atoms with Gasteiger partial charge in [-0.15, -0.1) is 46.6 Å². The predicted octanol–water partition coefficient (Wildman–Crippen LogP) is 0.396. The first-order valence-corrected chi connectivity index (χ1v) is 16.0. The molecule has 2 saturated heterocycles. The number of likely N-dealkylation sites (tertiary alicyclic amines) is 1. The number of aromatic nitrogens is 1. The van der Waals surface area contributed by atoms with Gasteiger partial charge in [0.2, 0.25) is 5.82 Å². The van der Waals surface area contributed by atoms with Gasteiger partial charge in [0.25, 0.3) is 11.8 Å². The first-order chi connectivity index (χ1) is 18.7. The van der Waals surface area contributed by atoms with Gasteiger partial charge in [-0.25, -0.2) is 9.98 Å². The molecule has 1 aromatic rings. The van der Waals surface area contributed by atoms with Crippen molar-refractivity contribution in [2.45, 2.75) is 28.8 Å². The van der Waals surface area contributed by atoms with Gasteiger partial charge in [0.05, 0.1) is 41.8 Å². The topological polar surface area (TPSA) is 162 Å². The molecule has 0 bridgehead atoms.